The van der Waals surface area contributed by atoms with Crippen LogP contribution in [0.5, 0.6) is 5.75 Å². The number of ether oxygens (including phenoxy) is 1. The number of anilines is 2. The largest absolute Gasteiger partial charge is 0.483 e. The second-order valence-electron chi connectivity index (χ2n) is 4.97. The third-order valence-corrected chi connectivity index (χ3v) is 3.34. The van der Waals surface area contributed by atoms with Gasteiger partial charge in [-0.15, -0.1) is 0 Å². The second-order valence-corrected chi connectivity index (χ2v) is 4.97. The number of benzene rings is 2. The Morgan fingerprint density at radius 3 is 2.65 bits per heavy atom. The highest BCUT2D eigenvalue weighted by molar-refractivity contribution is 6.01. The van der Waals surface area contributed by atoms with Gasteiger partial charge in [0.2, 0.25) is 0 Å². The van der Waals surface area contributed by atoms with E-state index in [4.69, 9.17) is 10.5 Å². The molecule has 0 atom stereocenters. The molecule has 3 rings (SSSR count). The maximum atomic E-state index is 5.74. The Bertz CT molecular complexity index is 672. The summed E-state index contributed by atoms with van der Waals surface area (Å²) in [7, 11) is 0. The first-order valence-corrected chi connectivity index (χ1v) is 6.56. The summed E-state index contributed by atoms with van der Waals surface area (Å²) in [6.07, 6.45) is 0. The van der Waals surface area contributed by atoms with Crippen LogP contribution in [0.2, 0.25) is 0 Å². The van der Waals surface area contributed by atoms with Crippen molar-refractivity contribution in [2.75, 3.05) is 17.7 Å². The van der Waals surface area contributed by atoms with Crippen molar-refractivity contribution < 1.29 is 4.74 Å². The van der Waals surface area contributed by atoms with E-state index in [1.165, 1.54) is 0 Å². The van der Waals surface area contributed by atoms with E-state index in [9.17, 15) is 0 Å². The fourth-order valence-corrected chi connectivity index (χ4v) is 2.28. The molecule has 0 bridgehead atoms. The van der Waals surface area contributed by atoms with Crippen LogP contribution in [-0.2, 0) is 0 Å². The fraction of sp³-hybridized carbons (Fsp3) is 0.188. The number of fused-ring (bicyclic) bond motifs is 1. The number of para-hydroxylation sites is 1. The third-order valence-electron chi connectivity index (χ3n) is 3.34. The number of aliphatic imine (C=N–C) groups is 1. The molecule has 0 spiro atoms. The summed E-state index contributed by atoms with van der Waals surface area (Å²) >= 11 is 0. The van der Waals surface area contributed by atoms with E-state index in [0.717, 1.165) is 34.1 Å². The van der Waals surface area contributed by atoms with Crippen molar-refractivity contribution in [3.8, 4) is 5.75 Å². The Labute approximate surface area is 118 Å². The zero-order chi connectivity index (χ0) is 14.1. The molecule has 0 fully saturated rings. The molecule has 0 saturated carbocycles. The van der Waals surface area contributed by atoms with Crippen molar-refractivity contribution in [2.45, 2.75) is 13.8 Å². The normalized spacial score (nSPS) is 15.4. The molecule has 4 heteroatoms. The van der Waals surface area contributed by atoms with Gasteiger partial charge < -0.3 is 15.8 Å². The molecular weight excluding hydrogens is 250 g/mol. The third kappa shape index (κ3) is 2.32. The maximum absolute atomic E-state index is 5.74. The fourth-order valence-electron chi connectivity index (χ4n) is 2.28. The van der Waals surface area contributed by atoms with E-state index in [1.807, 2.05) is 24.3 Å². The smallest absolute Gasteiger partial charge is 0.146 e. The van der Waals surface area contributed by atoms with Gasteiger partial charge in [0.25, 0.3) is 0 Å². The molecule has 1 heterocycles. The number of nitrogen functional groups attached to an aromatic ring is 1. The number of nitrogens with zero attached hydrogens (tertiary/aromatic N) is 1. The van der Waals surface area contributed by atoms with Gasteiger partial charge in [0.05, 0.1) is 11.4 Å². The topological polar surface area (TPSA) is 59.6 Å². The summed E-state index contributed by atoms with van der Waals surface area (Å²) in [6.45, 7) is 4.54. The molecule has 0 saturated heterocycles. The lowest BCUT2D eigenvalue weighted by Crippen LogP contribution is -2.25. The van der Waals surface area contributed by atoms with E-state index >= 15 is 0 Å². The van der Waals surface area contributed by atoms with Crippen molar-refractivity contribution in [3.63, 3.8) is 0 Å². The standard InChI is InChI=1S/C16H17N3O/c1-10-4-3-5-11(2)16(10)19-15-9-20-14-8-12(17)6-7-13(14)18-15/h3-8H,9,17H2,1-2H3,(H,18,19). The predicted octanol–water partition coefficient (Wildman–Crippen LogP) is 3.42. The highest BCUT2D eigenvalue weighted by Gasteiger charge is 2.15. The summed E-state index contributed by atoms with van der Waals surface area (Å²) < 4.78 is 5.70. The molecule has 2 aromatic rings. The minimum Gasteiger partial charge on any atom is -0.483 e. The van der Waals surface area contributed by atoms with Crippen molar-refractivity contribution in [1.29, 1.82) is 0 Å². The monoisotopic (exact) mass is 267 g/mol. The van der Waals surface area contributed by atoms with Crippen LogP contribution in [0.3, 0.4) is 0 Å². The molecule has 0 unspecified atom stereocenters. The van der Waals surface area contributed by atoms with Gasteiger partial charge in [-0.3, -0.25) is 0 Å². The molecule has 0 aliphatic carbocycles. The number of hydrogen-bond acceptors (Lipinski definition) is 3. The first kappa shape index (κ1) is 12.5. The lowest BCUT2D eigenvalue weighted by atomic mass is 10.1. The molecule has 0 aromatic heterocycles. The summed E-state index contributed by atoms with van der Waals surface area (Å²) in [5, 5.41) is 3.30. The predicted molar refractivity (Wildman–Crippen MR) is 83.0 cm³/mol. The summed E-state index contributed by atoms with van der Waals surface area (Å²) in [6, 6.07) is 11.7. The van der Waals surface area contributed by atoms with Gasteiger partial charge in [-0.25, -0.2) is 4.99 Å². The highest BCUT2D eigenvalue weighted by atomic mass is 16.5. The van der Waals surface area contributed by atoms with Gasteiger partial charge in [-0.1, -0.05) is 18.2 Å². The molecule has 0 radical (unpaired) electrons. The maximum Gasteiger partial charge on any atom is 0.146 e. The number of nitrogens with two attached hydrogens (primary N) is 1. The van der Waals surface area contributed by atoms with E-state index < -0.39 is 0 Å². The minimum absolute atomic E-state index is 0.421. The van der Waals surface area contributed by atoms with E-state index in [0.29, 0.717) is 12.3 Å². The molecule has 1 aliphatic heterocycles. The van der Waals surface area contributed by atoms with Gasteiger partial charge in [0.1, 0.15) is 18.2 Å². The summed E-state index contributed by atoms with van der Waals surface area (Å²) in [5.41, 5.74) is 10.6. The van der Waals surface area contributed by atoms with Crippen LogP contribution in [0, 0.1) is 13.8 Å². The Morgan fingerprint density at radius 2 is 1.90 bits per heavy atom. The van der Waals surface area contributed by atoms with Crippen molar-refractivity contribution in [2.24, 2.45) is 4.99 Å². The Hall–Kier alpha value is -2.49. The molecule has 20 heavy (non-hydrogen) atoms. The van der Waals surface area contributed by atoms with Gasteiger partial charge in [-0.05, 0) is 37.1 Å². The Morgan fingerprint density at radius 1 is 1.15 bits per heavy atom. The Balaban J connectivity index is 1.94. The van der Waals surface area contributed by atoms with Gasteiger partial charge in [0.15, 0.2) is 0 Å². The van der Waals surface area contributed by atoms with Crippen LogP contribution in [0.1, 0.15) is 11.1 Å². The van der Waals surface area contributed by atoms with Crippen LogP contribution < -0.4 is 15.8 Å². The molecule has 4 nitrogen and oxygen atoms in total. The number of amidine groups is 1. The van der Waals surface area contributed by atoms with Crippen LogP contribution >= 0.6 is 0 Å². The second kappa shape index (κ2) is 4.89. The van der Waals surface area contributed by atoms with Crippen molar-refractivity contribution >= 4 is 22.9 Å². The number of nitrogens with one attached hydrogen (secondary N) is 1. The van der Waals surface area contributed by atoms with E-state index in [1.54, 1.807) is 0 Å². The minimum atomic E-state index is 0.421. The van der Waals surface area contributed by atoms with Crippen LogP contribution in [0.4, 0.5) is 17.1 Å². The van der Waals surface area contributed by atoms with Crippen molar-refractivity contribution in [1.82, 2.24) is 0 Å². The lowest BCUT2D eigenvalue weighted by Gasteiger charge is -2.21. The van der Waals surface area contributed by atoms with E-state index in [2.05, 4.69) is 36.3 Å². The van der Waals surface area contributed by atoms with Gasteiger partial charge in [0, 0.05) is 11.8 Å². The molecular formula is C16H17N3O. The molecule has 2 aromatic carbocycles. The molecule has 102 valence electrons. The lowest BCUT2D eigenvalue weighted by molar-refractivity contribution is 0.372. The number of rotatable bonds is 1. The first-order chi connectivity index (χ1) is 9.63. The summed E-state index contributed by atoms with van der Waals surface area (Å²) in [5.74, 6) is 1.57. The van der Waals surface area contributed by atoms with Crippen LogP contribution in [0.15, 0.2) is 41.4 Å². The number of hydrogen-bond donors (Lipinski definition) is 2. The highest BCUT2D eigenvalue weighted by Crippen LogP contribution is 2.31. The quantitative estimate of drug-likeness (QED) is 0.778. The zero-order valence-corrected chi connectivity index (χ0v) is 11.6. The SMILES string of the molecule is Cc1cccc(C)c1N=C1COc2cc(N)ccc2N1. The first-order valence-electron chi connectivity index (χ1n) is 6.56. The Kier molecular flexibility index (Phi) is 3.06. The van der Waals surface area contributed by atoms with Crippen LogP contribution in [0.25, 0.3) is 0 Å². The average Bonchev–Trinajstić information content (AvgIpc) is 2.43. The van der Waals surface area contributed by atoms with Gasteiger partial charge in [-0.2, -0.15) is 0 Å². The summed E-state index contributed by atoms with van der Waals surface area (Å²) in [4.78, 5) is 4.69. The van der Waals surface area contributed by atoms with Crippen molar-refractivity contribution in [3.05, 3.63) is 47.5 Å². The molecule has 3 N–H and O–H groups in total. The van der Waals surface area contributed by atoms with E-state index in [-0.39, 0.29) is 0 Å². The molecule has 0 amide bonds. The average molecular weight is 267 g/mol. The number of aryl methyl sites for hydroxylation is 2. The zero-order valence-electron chi connectivity index (χ0n) is 11.6. The van der Waals surface area contributed by atoms with Gasteiger partial charge >= 0.3 is 0 Å². The van der Waals surface area contributed by atoms with Crippen LogP contribution in [-0.4, -0.2) is 12.4 Å². The molecule has 1 aliphatic rings.